The average Bonchev–Trinajstić information content (AvgIpc) is 2.34. The number of rotatable bonds is 3. The lowest BCUT2D eigenvalue weighted by atomic mass is 10.3. The highest BCUT2D eigenvalue weighted by atomic mass is 127. The Balaban J connectivity index is 2.34. The van der Waals surface area contributed by atoms with Crippen molar-refractivity contribution < 1.29 is 9.47 Å². The van der Waals surface area contributed by atoms with E-state index in [-0.39, 0.29) is 0 Å². The van der Waals surface area contributed by atoms with Gasteiger partial charge in [-0.15, -0.1) is 0 Å². The first-order chi connectivity index (χ1) is 9.01. The third kappa shape index (κ3) is 3.34. The lowest BCUT2D eigenvalue weighted by molar-refractivity contribution is 0.404. The van der Waals surface area contributed by atoms with E-state index in [1.807, 2.05) is 0 Å². The molecule has 0 bridgehead atoms. The predicted octanol–water partition coefficient (Wildman–Crippen LogP) is 4.38. The molecule has 0 saturated carbocycles. The van der Waals surface area contributed by atoms with Crippen molar-refractivity contribution in [3.8, 4) is 17.4 Å². The Kier molecular flexibility index (Phi) is 4.59. The van der Waals surface area contributed by atoms with Crippen molar-refractivity contribution >= 4 is 51.5 Å². The molecule has 2 rings (SSSR count). The number of hydrogen-bond acceptors (Lipinski definition) is 4. The molecule has 0 radical (unpaired) electrons. The molecule has 100 valence electrons. The summed E-state index contributed by atoms with van der Waals surface area (Å²) in [5.41, 5.74) is 6.10. The fourth-order valence-electron chi connectivity index (χ4n) is 1.39. The van der Waals surface area contributed by atoms with E-state index in [1.54, 1.807) is 31.5 Å². The SMILES string of the molecule is COc1cnc(Oc2c(Cl)cc(N)cc2Cl)cc1I. The van der Waals surface area contributed by atoms with Crippen molar-refractivity contribution in [2.45, 2.75) is 0 Å². The van der Waals surface area contributed by atoms with Gasteiger partial charge in [0.15, 0.2) is 11.5 Å². The maximum Gasteiger partial charge on any atom is 0.220 e. The van der Waals surface area contributed by atoms with Gasteiger partial charge in [-0.25, -0.2) is 4.98 Å². The summed E-state index contributed by atoms with van der Waals surface area (Å²) < 4.78 is 11.6. The minimum Gasteiger partial charge on any atom is -0.494 e. The quantitative estimate of drug-likeness (QED) is 0.602. The van der Waals surface area contributed by atoms with Crippen LogP contribution in [-0.2, 0) is 0 Å². The van der Waals surface area contributed by atoms with Gasteiger partial charge in [0.2, 0.25) is 5.88 Å². The van der Waals surface area contributed by atoms with E-state index in [0.717, 1.165) is 3.57 Å². The molecule has 19 heavy (non-hydrogen) atoms. The van der Waals surface area contributed by atoms with Gasteiger partial charge in [-0.2, -0.15) is 0 Å². The van der Waals surface area contributed by atoms with Crippen LogP contribution in [0.4, 0.5) is 5.69 Å². The van der Waals surface area contributed by atoms with Crippen molar-refractivity contribution in [2.75, 3.05) is 12.8 Å². The standard InChI is InChI=1S/C12H9Cl2IN2O2/c1-18-10-5-17-11(4-9(10)15)19-12-7(13)2-6(16)3-8(12)14/h2-5H,16H2,1H3. The Morgan fingerprint density at radius 2 is 1.84 bits per heavy atom. The van der Waals surface area contributed by atoms with E-state index in [9.17, 15) is 0 Å². The van der Waals surface area contributed by atoms with Gasteiger partial charge in [0.25, 0.3) is 0 Å². The number of hydrogen-bond donors (Lipinski definition) is 1. The van der Waals surface area contributed by atoms with Crippen LogP contribution in [0.15, 0.2) is 24.4 Å². The zero-order valence-electron chi connectivity index (χ0n) is 9.78. The molecule has 4 nitrogen and oxygen atoms in total. The van der Waals surface area contributed by atoms with Crippen molar-refractivity contribution in [3.05, 3.63) is 38.0 Å². The Labute approximate surface area is 134 Å². The van der Waals surface area contributed by atoms with Crippen molar-refractivity contribution in [3.63, 3.8) is 0 Å². The van der Waals surface area contributed by atoms with Crippen LogP contribution in [0.2, 0.25) is 10.0 Å². The van der Waals surface area contributed by atoms with E-state index >= 15 is 0 Å². The molecule has 0 atom stereocenters. The number of aromatic nitrogens is 1. The minimum absolute atomic E-state index is 0.325. The van der Waals surface area contributed by atoms with Crippen LogP contribution in [0.5, 0.6) is 17.4 Å². The summed E-state index contributed by atoms with van der Waals surface area (Å²) in [6.45, 7) is 0. The first-order valence-electron chi connectivity index (χ1n) is 5.13. The molecule has 0 fully saturated rings. The summed E-state index contributed by atoms with van der Waals surface area (Å²) >= 11 is 14.2. The summed E-state index contributed by atoms with van der Waals surface area (Å²) in [5, 5.41) is 0.662. The number of halogens is 3. The van der Waals surface area contributed by atoms with Gasteiger partial charge in [-0.3, -0.25) is 0 Å². The molecule has 1 aromatic carbocycles. The molecular weight excluding hydrogens is 402 g/mol. The summed E-state index contributed by atoms with van der Waals surface area (Å²) in [7, 11) is 1.58. The first-order valence-corrected chi connectivity index (χ1v) is 6.96. The van der Waals surface area contributed by atoms with Crippen LogP contribution in [0.3, 0.4) is 0 Å². The highest BCUT2D eigenvalue weighted by Crippen LogP contribution is 2.38. The lowest BCUT2D eigenvalue weighted by Crippen LogP contribution is -1.94. The van der Waals surface area contributed by atoms with Gasteiger partial charge in [0.1, 0.15) is 0 Å². The second-order valence-electron chi connectivity index (χ2n) is 3.57. The first kappa shape index (κ1) is 14.5. The molecule has 0 aliphatic rings. The molecule has 0 unspecified atom stereocenters. The molecule has 2 N–H and O–H groups in total. The topological polar surface area (TPSA) is 57.4 Å². The fourth-order valence-corrected chi connectivity index (χ4v) is 2.60. The monoisotopic (exact) mass is 410 g/mol. The molecule has 0 aliphatic heterocycles. The van der Waals surface area contributed by atoms with Crippen molar-refractivity contribution in [1.82, 2.24) is 4.98 Å². The number of nitrogen functional groups attached to an aromatic ring is 1. The molecular formula is C12H9Cl2IN2O2. The van der Waals surface area contributed by atoms with E-state index < -0.39 is 0 Å². The van der Waals surface area contributed by atoms with Gasteiger partial charge in [0.05, 0.1) is 26.9 Å². The Bertz CT molecular complexity index is 600. The van der Waals surface area contributed by atoms with E-state index in [0.29, 0.717) is 33.1 Å². The van der Waals surface area contributed by atoms with Crippen LogP contribution in [0, 0.1) is 3.57 Å². The zero-order chi connectivity index (χ0) is 14.0. The number of nitrogens with zero attached hydrogens (tertiary/aromatic N) is 1. The molecule has 1 aromatic heterocycles. The van der Waals surface area contributed by atoms with Crippen LogP contribution >= 0.6 is 45.8 Å². The van der Waals surface area contributed by atoms with Crippen molar-refractivity contribution in [1.29, 1.82) is 0 Å². The predicted molar refractivity (Wildman–Crippen MR) is 84.5 cm³/mol. The molecule has 2 aromatic rings. The summed E-state index contributed by atoms with van der Waals surface area (Å²) in [6.07, 6.45) is 1.57. The Morgan fingerprint density at radius 3 is 2.37 bits per heavy atom. The third-order valence-corrected chi connectivity index (χ3v) is 3.65. The number of nitrogens with two attached hydrogens (primary N) is 1. The van der Waals surface area contributed by atoms with Gasteiger partial charge >= 0.3 is 0 Å². The van der Waals surface area contributed by atoms with Crippen LogP contribution < -0.4 is 15.2 Å². The molecule has 0 amide bonds. The number of anilines is 1. The number of ether oxygens (including phenoxy) is 2. The number of benzene rings is 1. The summed E-state index contributed by atoms with van der Waals surface area (Å²) in [4.78, 5) is 4.11. The molecule has 7 heteroatoms. The van der Waals surface area contributed by atoms with E-state index in [4.69, 9.17) is 38.4 Å². The van der Waals surface area contributed by atoms with E-state index in [2.05, 4.69) is 27.6 Å². The van der Waals surface area contributed by atoms with E-state index in [1.165, 1.54) is 0 Å². The van der Waals surface area contributed by atoms with Gasteiger partial charge in [-0.1, -0.05) is 23.2 Å². The van der Waals surface area contributed by atoms with Crippen molar-refractivity contribution in [2.24, 2.45) is 0 Å². The highest BCUT2D eigenvalue weighted by molar-refractivity contribution is 14.1. The number of methoxy groups -OCH3 is 1. The van der Waals surface area contributed by atoms with Crippen LogP contribution in [-0.4, -0.2) is 12.1 Å². The minimum atomic E-state index is 0.325. The second kappa shape index (κ2) is 6.02. The third-order valence-electron chi connectivity index (χ3n) is 2.24. The maximum absolute atomic E-state index is 6.04. The fraction of sp³-hybridized carbons (Fsp3) is 0.0833. The molecule has 0 spiro atoms. The van der Waals surface area contributed by atoms with Crippen LogP contribution in [0.25, 0.3) is 0 Å². The molecule has 1 heterocycles. The number of pyridine rings is 1. The van der Waals surface area contributed by atoms with Gasteiger partial charge < -0.3 is 15.2 Å². The normalized spacial score (nSPS) is 10.3. The van der Waals surface area contributed by atoms with Crippen LogP contribution in [0.1, 0.15) is 0 Å². The van der Waals surface area contributed by atoms with Gasteiger partial charge in [-0.05, 0) is 34.7 Å². The Hall–Kier alpha value is -0.920. The molecule has 0 saturated heterocycles. The maximum atomic E-state index is 6.04. The largest absolute Gasteiger partial charge is 0.494 e. The Morgan fingerprint density at radius 1 is 1.21 bits per heavy atom. The highest BCUT2D eigenvalue weighted by Gasteiger charge is 2.12. The smallest absolute Gasteiger partial charge is 0.220 e. The average molecular weight is 411 g/mol. The second-order valence-corrected chi connectivity index (χ2v) is 5.55. The summed E-state index contributed by atoms with van der Waals surface area (Å²) in [5.74, 6) is 1.37. The van der Waals surface area contributed by atoms with Gasteiger partial charge in [0, 0.05) is 11.8 Å². The zero-order valence-corrected chi connectivity index (χ0v) is 13.5. The molecule has 0 aliphatic carbocycles. The lowest BCUT2D eigenvalue weighted by Gasteiger charge is -2.10. The summed E-state index contributed by atoms with van der Waals surface area (Å²) in [6, 6.07) is 4.86.